The largest absolute Gasteiger partial charge is 0.748 e. The van der Waals surface area contributed by atoms with Crippen molar-refractivity contribution in [3.63, 3.8) is 0 Å². The average Bonchev–Trinajstić information content (AvgIpc) is 3.52. The molecule has 0 aliphatic carbocycles. The predicted octanol–water partition coefficient (Wildman–Crippen LogP) is 5.76. The summed E-state index contributed by atoms with van der Waals surface area (Å²) in [6.07, 6.45) is 42.8. The highest BCUT2D eigenvalue weighted by atomic mass is 32.2. The van der Waals surface area contributed by atoms with Crippen LogP contribution >= 0.6 is 0 Å². The number of hydrogen-bond acceptors (Lipinski definition) is 6. The van der Waals surface area contributed by atoms with E-state index in [-0.39, 0.29) is 0 Å². The molecule has 0 unspecified atom stereocenters. The van der Waals surface area contributed by atoms with Crippen molar-refractivity contribution in [1.29, 1.82) is 0 Å². The van der Waals surface area contributed by atoms with Crippen molar-refractivity contribution in [3.05, 3.63) is 37.4 Å². The maximum Gasteiger partial charge on any atom is 0.243 e. The molecule has 0 bridgehead atoms. The molecule has 0 fully saturated rings. The van der Waals surface area contributed by atoms with Crippen LogP contribution in [0.25, 0.3) is 0 Å². The summed E-state index contributed by atoms with van der Waals surface area (Å²) in [5, 5.41) is 0. The van der Waals surface area contributed by atoms with Crippen LogP contribution < -0.4 is 9.13 Å². The van der Waals surface area contributed by atoms with Crippen molar-refractivity contribution < 1.29 is 35.1 Å². The molecule has 0 saturated heterocycles. The number of hydrogen-bond donors (Lipinski definition) is 0. The van der Waals surface area contributed by atoms with Crippen molar-refractivity contribution in [1.82, 2.24) is 9.13 Å². The second-order valence-corrected chi connectivity index (χ2v) is 14.9. The van der Waals surface area contributed by atoms with Crippen molar-refractivity contribution in [3.8, 4) is 0 Å². The molecule has 10 nitrogen and oxygen atoms in total. The summed E-state index contributed by atoms with van der Waals surface area (Å²) < 4.78 is 63.3. The number of rotatable bonds is 23. The molecule has 0 atom stereocenters. The summed E-state index contributed by atoms with van der Waals surface area (Å²) in [7, 11) is -3.65. The summed E-state index contributed by atoms with van der Waals surface area (Å²) in [5.41, 5.74) is 0. The molecule has 44 heavy (non-hydrogen) atoms. The van der Waals surface area contributed by atoms with Crippen LogP contribution in [0.2, 0.25) is 0 Å². The molecule has 0 radical (unpaired) electrons. The Morgan fingerprint density at radius 1 is 0.455 bits per heavy atom. The van der Waals surface area contributed by atoms with Gasteiger partial charge in [-0.2, -0.15) is 0 Å². The lowest BCUT2D eigenvalue weighted by Gasteiger charge is -2.04. The van der Waals surface area contributed by atoms with Crippen molar-refractivity contribution in [2.24, 2.45) is 14.1 Å². The minimum Gasteiger partial charge on any atom is -0.748 e. The topological polar surface area (TPSA) is 132 Å². The molecule has 2 aromatic rings. The van der Waals surface area contributed by atoms with Gasteiger partial charge >= 0.3 is 0 Å². The number of imidazole rings is 2. The Kier molecular flexibility index (Phi) is 25.4. The average molecular weight is 663 g/mol. The van der Waals surface area contributed by atoms with E-state index in [1.54, 1.807) is 0 Å². The van der Waals surface area contributed by atoms with E-state index in [4.69, 9.17) is 25.9 Å². The first-order valence-electron chi connectivity index (χ1n) is 16.6. The fourth-order valence-corrected chi connectivity index (χ4v) is 5.04. The second-order valence-electron chi connectivity index (χ2n) is 12.1. The smallest absolute Gasteiger partial charge is 0.243 e. The maximum atomic E-state index is 9.08. The molecule has 0 saturated carbocycles. The van der Waals surface area contributed by atoms with Crippen LogP contribution in [0.5, 0.6) is 0 Å². The Balaban J connectivity index is 0.00000159. The second kappa shape index (κ2) is 26.5. The van der Waals surface area contributed by atoms with Crippen molar-refractivity contribution >= 4 is 20.2 Å². The van der Waals surface area contributed by atoms with Crippen LogP contribution in [0.4, 0.5) is 0 Å². The molecule has 0 aliphatic heterocycles. The van der Waals surface area contributed by atoms with Gasteiger partial charge in [0.15, 0.2) is 0 Å². The molecule has 2 heterocycles. The summed E-state index contributed by atoms with van der Waals surface area (Å²) in [4.78, 5) is 0. The Morgan fingerprint density at radius 3 is 0.795 bits per heavy atom. The minimum atomic E-state index is -3.92. The van der Waals surface area contributed by atoms with E-state index in [1.807, 2.05) is 0 Å². The lowest BCUT2D eigenvalue weighted by molar-refractivity contribution is -0.671. The Morgan fingerprint density at radius 2 is 0.636 bits per heavy atom. The third kappa shape index (κ3) is 36.4. The van der Waals surface area contributed by atoms with E-state index in [0.29, 0.717) is 12.5 Å². The molecule has 0 aliphatic rings. The van der Waals surface area contributed by atoms with Gasteiger partial charge in [-0.3, -0.25) is 0 Å². The molecular weight excluding hydrogens is 601 g/mol. The highest BCUT2D eigenvalue weighted by Gasteiger charge is 2.01. The Labute approximate surface area is 269 Å². The molecule has 2 rings (SSSR count). The number of unbranched alkanes of at least 4 members (excludes halogenated alkanes) is 19. The van der Waals surface area contributed by atoms with Gasteiger partial charge in [0.2, 0.25) is 12.7 Å². The molecule has 0 amide bonds. The molecule has 2 aromatic heterocycles. The Hall–Kier alpha value is -1.76. The van der Waals surface area contributed by atoms with Crippen LogP contribution in [0.3, 0.4) is 0 Å². The lowest BCUT2D eigenvalue weighted by atomic mass is 10.0. The van der Waals surface area contributed by atoms with Gasteiger partial charge < -0.3 is 9.11 Å². The summed E-state index contributed by atoms with van der Waals surface area (Å²) in [6.45, 7) is 2.35. The van der Waals surface area contributed by atoms with Crippen LogP contribution in [0.1, 0.15) is 128 Å². The fraction of sp³-hybridized carbons (Fsp3) is 0.812. The number of aromatic nitrogens is 4. The van der Waals surface area contributed by atoms with Crippen LogP contribution in [-0.4, -0.2) is 47.6 Å². The van der Waals surface area contributed by atoms with Gasteiger partial charge in [0, 0.05) is 12.5 Å². The first kappa shape index (κ1) is 42.2. The SMILES string of the molecule is CS(=O)(=O)[O-].CS(=O)(=O)[O-].C[n+]1ccn(CCCCCCCCCCCCCCCCCCCCCCn2cc[n+](C)c2)c1. The summed E-state index contributed by atoms with van der Waals surface area (Å²) >= 11 is 0. The van der Waals surface area contributed by atoms with E-state index in [2.05, 4.69) is 69.8 Å². The predicted molar refractivity (Wildman–Crippen MR) is 175 cm³/mol. The third-order valence-corrected chi connectivity index (χ3v) is 7.23. The lowest BCUT2D eigenvalue weighted by Crippen LogP contribution is -2.23. The summed E-state index contributed by atoms with van der Waals surface area (Å²) in [5.74, 6) is 0. The van der Waals surface area contributed by atoms with Gasteiger partial charge in [-0.05, 0) is 25.7 Å². The van der Waals surface area contributed by atoms with E-state index >= 15 is 0 Å². The zero-order valence-electron chi connectivity index (χ0n) is 28.1. The standard InChI is InChI=1S/C30H56N4.2CH4O3S/c1-31-25-27-33(29-31)23-21-19-17-15-13-11-9-7-5-3-4-6-8-10-12-14-16-18-20-22-24-34-28-26-32(2)30-34;2*1-5(2,3)4/h25-30H,3-24H2,1-2H3;2*1H3,(H,2,3,4)/q+2;;/p-2. The molecule has 258 valence electrons. The fourth-order valence-electron chi connectivity index (χ4n) is 5.04. The van der Waals surface area contributed by atoms with Gasteiger partial charge in [-0.25, -0.2) is 35.1 Å². The van der Waals surface area contributed by atoms with Crippen molar-refractivity contribution in [2.75, 3.05) is 12.5 Å². The zero-order chi connectivity index (χ0) is 33.1. The van der Waals surface area contributed by atoms with Gasteiger partial charge in [0.25, 0.3) is 0 Å². The molecular formula is C32H62N4O6S2. The number of aryl methyl sites for hydroxylation is 4. The van der Waals surface area contributed by atoms with E-state index in [9.17, 15) is 0 Å². The van der Waals surface area contributed by atoms with Crippen LogP contribution in [0.15, 0.2) is 37.4 Å². The molecule has 0 N–H and O–H groups in total. The highest BCUT2D eigenvalue weighted by Crippen LogP contribution is 2.15. The zero-order valence-corrected chi connectivity index (χ0v) is 29.7. The minimum absolute atomic E-state index is 0.604. The molecule has 12 heteroatoms. The molecule has 0 aromatic carbocycles. The van der Waals surface area contributed by atoms with E-state index in [0.717, 1.165) is 0 Å². The quantitative estimate of drug-likeness (QED) is 0.0844. The first-order chi connectivity index (χ1) is 20.7. The molecule has 0 spiro atoms. The maximum absolute atomic E-state index is 9.08. The third-order valence-electron chi connectivity index (χ3n) is 7.23. The van der Waals surface area contributed by atoms with Crippen LogP contribution in [-0.2, 0) is 47.4 Å². The normalized spacial score (nSPS) is 11.5. The van der Waals surface area contributed by atoms with Gasteiger partial charge in [-0.15, -0.1) is 0 Å². The Bertz CT molecular complexity index is 1040. The first-order valence-corrected chi connectivity index (χ1v) is 20.2. The van der Waals surface area contributed by atoms with Gasteiger partial charge in [0.05, 0.1) is 47.4 Å². The van der Waals surface area contributed by atoms with Gasteiger partial charge in [-0.1, -0.05) is 103 Å². The van der Waals surface area contributed by atoms with Gasteiger partial charge in [0.1, 0.15) is 24.8 Å². The highest BCUT2D eigenvalue weighted by molar-refractivity contribution is 7.85. The summed E-state index contributed by atoms with van der Waals surface area (Å²) in [6, 6.07) is 0. The van der Waals surface area contributed by atoms with E-state index in [1.165, 1.54) is 142 Å². The monoisotopic (exact) mass is 662 g/mol. The van der Waals surface area contributed by atoms with E-state index < -0.39 is 20.2 Å². The number of nitrogens with zero attached hydrogens (tertiary/aromatic N) is 4. The van der Waals surface area contributed by atoms with Crippen LogP contribution in [0, 0.1) is 0 Å². The van der Waals surface area contributed by atoms with Crippen molar-refractivity contribution in [2.45, 2.75) is 142 Å².